The molecule has 32 heavy (non-hydrogen) atoms. The summed E-state index contributed by atoms with van der Waals surface area (Å²) in [4.78, 5) is 15.6. The maximum atomic E-state index is 13.3. The lowest BCUT2D eigenvalue weighted by Crippen LogP contribution is -2.12. The van der Waals surface area contributed by atoms with E-state index in [-0.39, 0.29) is 0 Å². The minimum absolute atomic E-state index is 0.350. The number of pyridine rings is 1. The predicted molar refractivity (Wildman–Crippen MR) is 120 cm³/mol. The molecule has 8 heteroatoms. The molecule has 0 aliphatic heterocycles. The summed E-state index contributed by atoms with van der Waals surface area (Å²) in [7, 11) is 0. The van der Waals surface area contributed by atoms with Crippen LogP contribution in [-0.2, 0) is 6.42 Å². The molecule has 0 bridgehead atoms. The molecule has 0 saturated carbocycles. The molecule has 0 aliphatic rings. The van der Waals surface area contributed by atoms with Crippen LogP contribution in [0.5, 0.6) is 0 Å². The number of aromatic nitrogens is 3. The van der Waals surface area contributed by atoms with Gasteiger partial charge in [-0.25, -0.2) is 8.78 Å². The lowest BCUT2D eigenvalue weighted by Gasteiger charge is -2.03. The number of benzene rings is 2. The minimum atomic E-state index is -0.945. The second-order valence-corrected chi connectivity index (χ2v) is 6.92. The molecule has 0 saturated heterocycles. The average Bonchev–Trinajstić information content (AvgIpc) is 3.31. The first-order valence-electron chi connectivity index (χ1n) is 9.99. The lowest BCUT2D eigenvalue weighted by molar-refractivity contribution is 0.100. The molecule has 0 atom stereocenters. The van der Waals surface area contributed by atoms with Crippen molar-refractivity contribution < 1.29 is 13.6 Å². The van der Waals surface area contributed by atoms with Crippen molar-refractivity contribution in [1.82, 2.24) is 15.2 Å². The van der Waals surface area contributed by atoms with Gasteiger partial charge in [-0.05, 0) is 61.9 Å². The van der Waals surface area contributed by atoms with E-state index in [0.717, 1.165) is 37.2 Å². The fourth-order valence-corrected chi connectivity index (χ4v) is 3.03. The summed E-state index contributed by atoms with van der Waals surface area (Å²) in [5.74, 6) is -2.42. The molecular formula is C24H23F2N5O. The maximum absolute atomic E-state index is 13.3. The molecule has 2 aromatic carbocycles. The Bertz CT molecular complexity index is 1180. The molecule has 0 fully saturated rings. The summed E-state index contributed by atoms with van der Waals surface area (Å²) in [6.07, 6.45) is 3.83. The van der Waals surface area contributed by atoms with Gasteiger partial charge in [0.2, 0.25) is 5.91 Å². The van der Waals surface area contributed by atoms with Crippen LogP contribution in [0, 0.1) is 11.6 Å². The number of hydrogen-bond donors (Lipinski definition) is 3. The number of nitrogens with zero attached hydrogens (tertiary/aromatic N) is 2. The van der Waals surface area contributed by atoms with Gasteiger partial charge in [-0.2, -0.15) is 5.10 Å². The second-order valence-electron chi connectivity index (χ2n) is 6.92. The summed E-state index contributed by atoms with van der Waals surface area (Å²) >= 11 is 0. The topological polar surface area (TPSA) is 111 Å². The molecule has 1 amide bonds. The summed E-state index contributed by atoms with van der Waals surface area (Å²) in [5, 5.41) is 6.84. The van der Waals surface area contributed by atoms with Crippen LogP contribution in [0.25, 0.3) is 22.5 Å². The van der Waals surface area contributed by atoms with Gasteiger partial charge in [0.1, 0.15) is 0 Å². The number of primary amides is 1. The van der Waals surface area contributed by atoms with Crippen molar-refractivity contribution in [2.45, 2.75) is 12.8 Å². The fraction of sp³-hybridized carbons (Fsp3) is 0.125. The quantitative estimate of drug-likeness (QED) is 0.423. The highest BCUT2D eigenvalue weighted by molar-refractivity contribution is 5.99. The number of rotatable bonds is 6. The number of amides is 1. The molecule has 0 aliphatic carbocycles. The second kappa shape index (κ2) is 10.9. The van der Waals surface area contributed by atoms with E-state index in [1.807, 2.05) is 24.4 Å². The SMILES string of the molecule is NC(=O)c1ccccc1-c1cc(-c2ccc(F)c(F)c2)n[nH]1.NCCCc1ccccn1. The normalized spacial score (nSPS) is 10.3. The number of nitrogens with two attached hydrogens (primary N) is 2. The smallest absolute Gasteiger partial charge is 0.249 e. The number of carbonyl (C=O) groups excluding carboxylic acids is 1. The van der Waals surface area contributed by atoms with Crippen molar-refractivity contribution in [2.75, 3.05) is 6.54 Å². The molecule has 4 rings (SSSR count). The van der Waals surface area contributed by atoms with E-state index >= 15 is 0 Å². The van der Waals surface area contributed by atoms with E-state index < -0.39 is 17.5 Å². The van der Waals surface area contributed by atoms with Gasteiger partial charge in [-0.1, -0.05) is 24.3 Å². The first-order chi connectivity index (χ1) is 15.5. The Morgan fingerprint density at radius 2 is 1.75 bits per heavy atom. The van der Waals surface area contributed by atoms with Crippen molar-refractivity contribution in [2.24, 2.45) is 11.5 Å². The monoisotopic (exact) mass is 435 g/mol. The van der Waals surface area contributed by atoms with Gasteiger partial charge in [0.15, 0.2) is 11.6 Å². The molecule has 5 N–H and O–H groups in total. The van der Waals surface area contributed by atoms with Gasteiger partial charge < -0.3 is 11.5 Å². The zero-order valence-electron chi connectivity index (χ0n) is 17.3. The Labute approximate surface area is 184 Å². The number of H-pyrrole nitrogens is 1. The summed E-state index contributed by atoms with van der Waals surface area (Å²) < 4.78 is 26.3. The van der Waals surface area contributed by atoms with Crippen LogP contribution < -0.4 is 11.5 Å². The van der Waals surface area contributed by atoms with Crippen LogP contribution in [0.1, 0.15) is 22.5 Å². The van der Waals surface area contributed by atoms with Crippen molar-refractivity contribution in [3.63, 3.8) is 0 Å². The molecule has 2 aromatic heterocycles. The van der Waals surface area contributed by atoms with Crippen molar-refractivity contribution in [3.05, 3.63) is 95.8 Å². The first kappa shape index (κ1) is 22.8. The zero-order chi connectivity index (χ0) is 22.9. The van der Waals surface area contributed by atoms with Crippen LogP contribution in [0.3, 0.4) is 0 Å². The predicted octanol–water partition coefficient (Wildman–Crippen LogP) is 4.09. The Balaban J connectivity index is 0.000000243. The molecule has 0 radical (unpaired) electrons. The molecule has 0 unspecified atom stereocenters. The maximum Gasteiger partial charge on any atom is 0.249 e. The Morgan fingerprint density at radius 3 is 2.44 bits per heavy atom. The van der Waals surface area contributed by atoms with Gasteiger partial charge in [-0.15, -0.1) is 0 Å². The molecule has 0 spiro atoms. The van der Waals surface area contributed by atoms with E-state index in [1.165, 1.54) is 6.07 Å². The van der Waals surface area contributed by atoms with E-state index in [2.05, 4.69) is 15.2 Å². The summed E-state index contributed by atoms with van der Waals surface area (Å²) in [6, 6.07) is 17.9. The Hall–Kier alpha value is -3.91. The number of carbonyl (C=O) groups is 1. The molecule has 2 heterocycles. The van der Waals surface area contributed by atoms with Crippen LogP contribution in [0.2, 0.25) is 0 Å². The lowest BCUT2D eigenvalue weighted by atomic mass is 10.0. The van der Waals surface area contributed by atoms with Gasteiger partial charge in [0.05, 0.1) is 11.4 Å². The van der Waals surface area contributed by atoms with E-state index in [4.69, 9.17) is 11.5 Å². The number of halogens is 2. The van der Waals surface area contributed by atoms with E-state index in [1.54, 1.807) is 30.3 Å². The number of aryl methyl sites for hydroxylation is 1. The zero-order valence-corrected chi connectivity index (χ0v) is 17.3. The standard InChI is InChI=1S/C16H11F2N3O.C8H12N2/c17-12-6-5-9(7-13(12)18)14-8-15(21-20-14)10-3-1-2-4-11(10)16(19)22;9-6-3-5-8-4-1-2-7-10-8/h1-8H,(H2,19,22)(H,20,21);1-2,4,7H,3,5-6,9H2. The molecular weight excluding hydrogens is 412 g/mol. The largest absolute Gasteiger partial charge is 0.366 e. The summed E-state index contributed by atoms with van der Waals surface area (Å²) in [6.45, 7) is 0.747. The highest BCUT2D eigenvalue weighted by Gasteiger charge is 2.13. The summed E-state index contributed by atoms with van der Waals surface area (Å²) in [5.41, 5.74) is 14.2. The highest BCUT2D eigenvalue weighted by Crippen LogP contribution is 2.27. The van der Waals surface area contributed by atoms with E-state index in [9.17, 15) is 13.6 Å². The highest BCUT2D eigenvalue weighted by atomic mass is 19.2. The first-order valence-corrected chi connectivity index (χ1v) is 9.99. The van der Waals surface area contributed by atoms with E-state index in [0.29, 0.717) is 28.1 Å². The van der Waals surface area contributed by atoms with Crippen molar-refractivity contribution >= 4 is 5.91 Å². The third-order valence-electron chi connectivity index (χ3n) is 4.64. The fourth-order valence-electron chi connectivity index (χ4n) is 3.03. The van der Waals surface area contributed by atoms with Crippen LogP contribution in [0.4, 0.5) is 8.78 Å². The van der Waals surface area contributed by atoms with Crippen LogP contribution in [0.15, 0.2) is 72.9 Å². The van der Waals surface area contributed by atoms with Crippen LogP contribution >= 0.6 is 0 Å². The number of aromatic amines is 1. The number of nitrogens with one attached hydrogen (secondary N) is 1. The minimum Gasteiger partial charge on any atom is -0.366 e. The van der Waals surface area contributed by atoms with Crippen LogP contribution in [-0.4, -0.2) is 27.6 Å². The van der Waals surface area contributed by atoms with Gasteiger partial charge in [-0.3, -0.25) is 14.9 Å². The third-order valence-corrected chi connectivity index (χ3v) is 4.64. The molecule has 6 nitrogen and oxygen atoms in total. The Kier molecular flexibility index (Phi) is 7.77. The third kappa shape index (κ3) is 5.83. The Morgan fingerprint density at radius 1 is 0.969 bits per heavy atom. The molecule has 4 aromatic rings. The number of hydrogen-bond acceptors (Lipinski definition) is 4. The molecule has 164 valence electrons. The van der Waals surface area contributed by atoms with Gasteiger partial charge in [0.25, 0.3) is 0 Å². The van der Waals surface area contributed by atoms with Gasteiger partial charge in [0, 0.05) is 28.6 Å². The van der Waals surface area contributed by atoms with Gasteiger partial charge >= 0.3 is 0 Å². The van der Waals surface area contributed by atoms with Crippen molar-refractivity contribution in [3.8, 4) is 22.5 Å². The average molecular weight is 435 g/mol. The van der Waals surface area contributed by atoms with Crippen molar-refractivity contribution in [1.29, 1.82) is 0 Å².